The van der Waals surface area contributed by atoms with Crippen LogP contribution < -0.4 is 11.6 Å². The summed E-state index contributed by atoms with van der Waals surface area (Å²) in [5.41, 5.74) is 6.59. The molecule has 0 radical (unpaired) electrons. The predicted molar refractivity (Wildman–Crippen MR) is 85.8 cm³/mol. The van der Waals surface area contributed by atoms with Gasteiger partial charge in [-0.1, -0.05) is 12.1 Å². The van der Waals surface area contributed by atoms with Crippen molar-refractivity contribution in [2.45, 2.75) is 0 Å². The fraction of sp³-hybridized carbons (Fsp3) is 0. The minimum Gasteiger partial charge on any atom is -0.367 e. The van der Waals surface area contributed by atoms with E-state index in [2.05, 4.69) is 10.1 Å². The van der Waals surface area contributed by atoms with Gasteiger partial charge in [-0.2, -0.15) is 0 Å². The molecule has 0 aliphatic carbocycles. The topological polar surface area (TPSA) is 125 Å². The predicted octanol–water partition coefficient (Wildman–Crippen LogP) is 1.66. The molecule has 1 aromatic heterocycles. The van der Waals surface area contributed by atoms with Crippen LogP contribution in [0.4, 0.5) is 5.69 Å². The van der Waals surface area contributed by atoms with Crippen LogP contribution in [0.3, 0.4) is 0 Å². The van der Waals surface area contributed by atoms with Gasteiger partial charge in [-0.3, -0.25) is 10.1 Å². The summed E-state index contributed by atoms with van der Waals surface area (Å²) in [6.07, 6.45) is 6.56. The molecule has 0 spiro atoms. The average molecular weight is 298 g/mol. The number of para-hydroxylation sites is 2. The number of nitro benzene ring substituents is 1. The van der Waals surface area contributed by atoms with Crippen molar-refractivity contribution >= 4 is 23.9 Å². The molecule has 0 aliphatic heterocycles. The highest BCUT2D eigenvalue weighted by atomic mass is 16.6. The summed E-state index contributed by atoms with van der Waals surface area (Å²) in [6.45, 7) is 0. The van der Waals surface area contributed by atoms with Gasteiger partial charge in [0.05, 0.1) is 4.92 Å². The number of guanidine groups is 1. The number of rotatable bonds is 4. The second kappa shape index (κ2) is 6.84. The third kappa shape index (κ3) is 3.37. The van der Waals surface area contributed by atoms with Crippen LogP contribution in [0.2, 0.25) is 0 Å². The molecule has 4 N–H and O–H groups in total. The first kappa shape index (κ1) is 15.0. The van der Waals surface area contributed by atoms with Crippen molar-refractivity contribution in [3.63, 3.8) is 0 Å². The molecule has 1 heterocycles. The maximum Gasteiger partial charge on any atom is 0.293 e. The van der Waals surface area contributed by atoms with E-state index in [-0.39, 0.29) is 11.6 Å². The smallest absolute Gasteiger partial charge is 0.293 e. The fourth-order valence-electron chi connectivity index (χ4n) is 1.87. The van der Waals surface area contributed by atoms with Gasteiger partial charge in [0.15, 0.2) is 0 Å². The van der Waals surface area contributed by atoms with Gasteiger partial charge in [-0.05, 0) is 30.4 Å². The number of hydrogen-bond donors (Lipinski definition) is 2. The molecule has 2 rings (SSSR count). The van der Waals surface area contributed by atoms with Gasteiger partial charge in [0, 0.05) is 24.2 Å². The van der Waals surface area contributed by atoms with Crippen molar-refractivity contribution in [2.75, 3.05) is 0 Å². The fourth-order valence-corrected chi connectivity index (χ4v) is 1.87. The molecule has 0 bridgehead atoms. The van der Waals surface area contributed by atoms with Crippen LogP contribution in [0.1, 0.15) is 5.69 Å². The van der Waals surface area contributed by atoms with Crippen molar-refractivity contribution in [2.24, 2.45) is 21.7 Å². The summed E-state index contributed by atoms with van der Waals surface area (Å²) in [4.78, 5) is 14.5. The van der Waals surface area contributed by atoms with E-state index >= 15 is 0 Å². The maximum atomic E-state index is 11.1. The number of aliphatic imine (C=N–C) groups is 1. The molecule has 1 aromatic carbocycles. The largest absolute Gasteiger partial charge is 0.367 e. The Kier molecular flexibility index (Phi) is 4.66. The monoisotopic (exact) mass is 298 g/mol. The Hall–Kier alpha value is -3.42. The van der Waals surface area contributed by atoms with Gasteiger partial charge >= 0.3 is 0 Å². The van der Waals surface area contributed by atoms with E-state index in [1.165, 1.54) is 12.3 Å². The average Bonchev–Trinajstić information content (AvgIpc) is 2.99. The molecule has 0 unspecified atom stereocenters. The lowest BCUT2D eigenvalue weighted by molar-refractivity contribution is -0.384. The third-order valence-electron chi connectivity index (χ3n) is 2.81. The zero-order valence-corrected chi connectivity index (χ0v) is 11.5. The lowest BCUT2D eigenvalue weighted by atomic mass is 10.2. The van der Waals surface area contributed by atoms with Gasteiger partial charge in [-0.25, -0.2) is 4.99 Å². The van der Waals surface area contributed by atoms with E-state index in [1.807, 2.05) is 6.07 Å². The molecular formula is C14H14N6O2. The van der Waals surface area contributed by atoms with Crippen LogP contribution in [0.5, 0.6) is 0 Å². The molecule has 0 amide bonds. The Morgan fingerprint density at radius 2 is 2.05 bits per heavy atom. The van der Waals surface area contributed by atoms with E-state index in [1.54, 1.807) is 47.2 Å². The van der Waals surface area contributed by atoms with E-state index in [0.717, 1.165) is 5.69 Å². The highest BCUT2D eigenvalue weighted by molar-refractivity contribution is 5.91. The van der Waals surface area contributed by atoms with Crippen LogP contribution in [0, 0.1) is 10.1 Å². The summed E-state index contributed by atoms with van der Waals surface area (Å²) in [5.74, 6) is 4.91. The van der Waals surface area contributed by atoms with E-state index in [4.69, 9.17) is 11.6 Å². The Morgan fingerprint density at radius 1 is 1.27 bits per heavy atom. The van der Waals surface area contributed by atoms with Crippen LogP contribution in [0.25, 0.3) is 11.8 Å². The highest BCUT2D eigenvalue weighted by Gasteiger charge is 2.14. The molecular weight excluding hydrogens is 284 g/mol. The number of allylic oxidation sites excluding steroid dienone is 1. The summed E-state index contributed by atoms with van der Waals surface area (Å²) in [5, 5.41) is 14.3. The molecule has 8 heteroatoms. The number of hydrogen-bond acceptors (Lipinski definition) is 4. The lowest BCUT2D eigenvalue weighted by Gasteiger charge is -2.06. The standard InChI is InChI=1S/C14H14N6O2/c15-14(18-16)17-9-3-5-11-6-4-10-19(11)12-7-1-2-8-13(12)20(21)22/h1-10H,16H2,(H2,15,18)/b5-3-,17-9+. The summed E-state index contributed by atoms with van der Waals surface area (Å²) in [6, 6.07) is 10.1. The zero-order valence-electron chi connectivity index (χ0n) is 11.5. The van der Waals surface area contributed by atoms with Gasteiger partial charge < -0.3 is 16.1 Å². The molecule has 8 nitrogen and oxygen atoms in total. The highest BCUT2D eigenvalue weighted by Crippen LogP contribution is 2.24. The Bertz CT molecular complexity index is 760. The van der Waals surface area contributed by atoms with Gasteiger partial charge in [-0.15, -0.1) is 5.10 Å². The van der Waals surface area contributed by atoms with Crippen molar-refractivity contribution in [1.82, 2.24) is 4.57 Å². The molecule has 0 aliphatic rings. The quantitative estimate of drug-likeness (QED) is 0.293. The molecule has 0 fully saturated rings. The Balaban J connectivity index is 2.33. The Morgan fingerprint density at radius 3 is 2.77 bits per heavy atom. The first-order valence-corrected chi connectivity index (χ1v) is 6.28. The van der Waals surface area contributed by atoms with E-state index in [0.29, 0.717) is 5.69 Å². The van der Waals surface area contributed by atoms with Crippen molar-refractivity contribution in [3.8, 4) is 5.69 Å². The number of nitro groups is 1. The number of nitrogens with zero attached hydrogens (tertiary/aromatic N) is 4. The SMILES string of the molecule is NN=C(N)/N=C/C=C\c1cccn1-c1ccccc1[N+](=O)[O-]. The summed E-state index contributed by atoms with van der Waals surface area (Å²) < 4.78 is 1.71. The molecule has 2 aromatic rings. The number of aromatic nitrogens is 1. The van der Waals surface area contributed by atoms with Crippen molar-refractivity contribution in [3.05, 3.63) is 64.5 Å². The first-order chi connectivity index (χ1) is 10.6. The minimum absolute atomic E-state index is 0.0292. The second-order valence-corrected chi connectivity index (χ2v) is 4.17. The number of benzene rings is 1. The van der Waals surface area contributed by atoms with Crippen molar-refractivity contribution in [1.29, 1.82) is 0 Å². The van der Waals surface area contributed by atoms with Crippen LogP contribution in [0.15, 0.2) is 58.8 Å². The normalized spacial score (nSPS) is 12.3. The van der Waals surface area contributed by atoms with E-state index < -0.39 is 4.92 Å². The van der Waals surface area contributed by atoms with Crippen molar-refractivity contribution < 1.29 is 4.92 Å². The second-order valence-electron chi connectivity index (χ2n) is 4.17. The number of hydrazone groups is 1. The maximum absolute atomic E-state index is 11.1. The molecule has 22 heavy (non-hydrogen) atoms. The molecule has 0 saturated carbocycles. The Labute approximate surface area is 126 Å². The summed E-state index contributed by atoms with van der Waals surface area (Å²) >= 11 is 0. The summed E-state index contributed by atoms with van der Waals surface area (Å²) in [7, 11) is 0. The number of nitrogens with two attached hydrogens (primary N) is 2. The van der Waals surface area contributed by atoms with Gasteiger partial charge in [0.2, 0.25) is 5.96 Å². The zero-order chi connectivity index (χ0) is 15.9. The minimum atomic E-state index is -0.414. The van der Waals surface area contributed by atoms with E-state index in [9.17, 15) is 10.1 Å². The van der Waals surface area contributed by atoms with Gasteiger partial charge in [0.25, 0.3) is 5.69 Å². The van der Waals surface area contributed by atoms with Crippen LogP contribution >= 0.6 is 0 Å². The van der Waals surface area contributed by atoms with Gasteiger partial charge in [0.1, 0.15) is 5.69 Å². The van der Waals surface area contributed by atoms with Crippen LogP contribution in [-0.4, -0.2) is 21.7 Å². The first-order valence-electron chi connectivity index (χ1n) is 6.28. The lowest BCUT2D eigenvalue weighted by Crippen LogP contribution is -2.10. The molecule has 0 atom stereocenters. The van der Waals surface area contributed by atoms with Crippen LogP contribution in [-0.2, 0) is 0 Å². The molecule has 112 valence electrons. The molecule has 0 saturated heterocycles. The third-order valence-corrected chi connectivity index (χ3v) is 2.81.